The molecular weight excluding hydrogens is 360 g/mol. The molecule has 0 saturated heterocycles. The van der Waals surface area contributed by atoms with Crippen LogP contribution in [0.15, 0.2) is 84.7 Å². The number of benzene rings is 3. The van der Waals surface area contributed by atoms with Crippen LogP contribution in [0.3, 0.4) is 0 Å². The summed E-state index contributed by atoms with van der Waals surface area (Å²) < 4.78 is 0. The molecule has 0 aliphatic carbocycles. The Bertz CT molecular complexity index is 1120. The SMILES string of the molecule is C=C1NC(=O)C(Cc2c(O)ccc3ccccc23)=C(c2ccccc2)N1CCC. The van der Waals surface area contributed by atoms with E-state index in [2.05, 4.69) is 23.7 Å². The van der Waals surface area contributed by atoms with Gasteiger partial charge >= 0.3 is 0 Å². The molecule has 1 heterocycles. The van der Waals surface area contributed by atoms with Crippen LogP contribution < -0.4 is 5.32 Å². The third-order valence-electron chi connectivity index (χ3n) is 5.28. The predicted octanol–water partition coefficient (Wildman–Crippen LogP) is 4.81. The number of hydrogen-bond donors (Lipinski definition) is 2. The molecule has 1 aliphatic heterocycles. The summed E-state index contributed by atoms with van der Waals surface area (Å²) in [6.45, 7) is 6.90. The monoisotopic (exact) mass is 384 g/mol. The van der Waals surface area contributed by atoms with Gasteiger partial charge in [-0.25, -0.2) is 0 Å². The maximum Gasteiger partial charge on any atom is 0.255 e. The van der Waals surface area contributed by atoms with E-state index >= 15 is 0 Å². The molecule has 4 nitrogen and oxygen atoms in total. The second-order valence-electron chi connectivity index (χ2n) is 7.21. The standard InChI is InChI=1S/C25H24N2O2/c1-3-15-27-17(2)26-25(29)22(24(27)19-10-5-4-6-11-19)16-21-20-12-8-7-9-18(20)13-14-23(21)28/h4-14,28H,2-3,15-16H2,1H3,(H,26,29). The maximum atomic E-state index is 13.1. The molecule has 4 rings (SSSR count). The zero-order valence-corrected chi connectivity index (χ0v) is 16.5. The van der Waals surface area contributed by atoms with Crippen molar-refractivity contribution in [1.29, 1.82) is 0 Å². The summed E-state index contributed by atoms with van der Waals surface area (Å²) in [5.41, 5.74) is 3.20. The second kappa shape index (κ2) is 7.84. The van der Waals surface area contributed by atoms with Crippen molar-refractivity contribution < 1.29 is 9.90 Å². The zero-order valence-electron chi connectivity index (χ0n) is 16.5. The van der Waals surface area contributed by atoms with Crippen LogP contribution >= 0.6 is 0 Å². The highest BCUT2D eigenvalue weighted by Gasteiger charge is 2.30. The van der Waals surface area contributed by atoms with Crippen molar-refractivity contribution in [2.24, 2.45) is 0 Å². The van der Waals surface area contributed by atoms with Gasteiger partial charge in [0.15, 0.2) is 0 Å². The molecule has 0 radical (unpaired) electrons. The summed E-state index contributed by atoms with van der Waals surface area (Å²) in [6, 6.07) is 21.4. The van der Waals surface area contributed by atoms with E-state index in [1.807, 2.05) is 60.7 Å². The fourth-order valence-corrected chi connectivity index (χ4v) is 3.93. The first-order valence-corrected chi connectivity index (χ1v) is 9.86. The van der Waals surface area contributed by atoms with E-state index in [0.29, 0.717) is 17.8 Å². The molecule has 146 valence electrons. The zero-order chi connectivity index (χ0) is 20.4. The molecule has 1 aliphatic rings. The first-order valence-electron chi connectivity index (χ1n) is 9.86. The third kappa shape index (κ3) is 3.49. The Morgan fingerprint density at radius 1 is 1.00 bits per heavy atom. The van der Waals surface area contributed by atoms with Crippen LogP contribution in [0.5, 0.6) is 5.75 Å². The van der Waals surface area contributed by atoms with Gasteiger partial charge in [-0.15, -0.1) is 0 Å². The van der Waals surface area contributed by atoms with Crippen molar-refractivity contribution in [3.05, 3.63) is 95.8 Å². The molecule has 0 aromatic heterocycles. The predicted molar refractivity (Wildman–Crippen MR) is 117 cm³/mol. The van der Waals surface area contributed by atoms with Gasteiger partial charge in [0.25, 0.3) is 5.91 Å². The lowest BCUT2D eigenvalue weighted by Crippen LogP contribution is -2.41. The summed E-state index contributed by atoms with van der Waals surface area (Å²) in [7, 11) is 0. The molecule has 2 N–H and O–H groups in total. The molecule has 0 spiro atoms. The van der Waals surface area contributed by atoms with Gasteiger partial charge in [0.2, 0.25) is 0 Å². The Hall–Kier alpha value is -3.53. The second-order valence-corrected chi connectivity index (χ2v) is 7.21. The number of phenolic OH excluding ortho intramolecular Hbond substituents is 1. The Balaban J connectivity index is 1.93. The molecule has 4 heteroatoms. The smallest absolute Gasteiger partial charge is 0.255 e. The number of hydrogen-bond acceptors (Lipinski definition) is 3. The fourth-order valence-electron chi connectivity index (χ4n) is 3.93. The summed E-state index contributed by atoms with van der Waals surface area (Å²) >= 11 is 0. The van der Waals surface area contributed by atoms with Crippen LogP contribution in [-0.4, -0.2) is 22.5 Å². The number of rotatable bonds is 5. The van der Waals surface area contributed by atoms with E-state index in [0.717, 1.165) is 40.6 Å². The largest absolute Gasteiger partial charge is 0.508 e. The van der Waals surface area contributed by atoms with Crippen molar-refractivity contribution in [2.45, 2.75) is 19.8 Å². The molecule has 3 aromatic rings. The number of aromatic hydroxyl groups is 1. The number of amides is 1. The van der Waals surface area contributed by atoms with Crippen LogP contribution in [0.25, 0.3) is 16.5 Å². The number of carbonyl (C=O) groups is 1. The molecule has 1 amide bonds. The van der Waals surface area contributed by atoms with Crippen molar-refractivity contribution >= 4 is 22.4 Å². The summed E-state index contributed by atoms with van der Waals surface area (Å²) in [5, 5.41) is 15.5. The van der Waals surface area contributed by atoms with Gasteiger partial charge in [0, 0.05) is 24.1 Å². The van der Waals surface area contributed by atoms with Crippen LogP contribution in [-0.2, 0) is 11.2 Å². The molecule has 0 unspecified atom stereocenters. The lowest BCUT2D eigenvalue weighted by molar-refractivity contribution is -0.117. The molecule has 3 aromatic carbocycles. The number of phenols is 1. The number of nitrogens with zero attached hydrogens (tertiary/aromatic N) is 1. The van der Waals surface area contributed by atoms with E-state index in [1.54, 1.807) is 6.07 Å². The Morgan fingerprint density at radius 2 is 1.72 bits per heavy atom. The Labute approximate surface area is 170 Å². The Kier molecular flexibility index (Phi) is 5.09. The van der Waals surface area contributed by atoms with Crippen molar-refractivity contribution in [3.63, 3.8) is 0 Å². The minimum atomic E-state index is -0.173. The van der Waals surface area contributed by atoms with Crippen LogP contribution in [0.2, 0.25) is 0 Å². The molecule has 0 atom stereocenters. The average Bonchev–Trinajstić information content (AvgIpc) is 2.74. The Morgan fingerprint density at radius 3 is 2.48 bits per heavy atom. The van der Waals surface area contributed by atoms with Gasteiger partial charge in [-0.3, -0.25) is 4.79 Å². The lowest BCUT2D eigenvalue weighted by atomic mass is 9.92. The molecule has 0 fully saturated rings. The minimum absolute atomic E-state index is 0.173. The van der Waals surface area contributed by atoms with E-state index in [-0.39, 0.29) is 11.7 Å². The maximum absolute atomic E-state index is 13.1. The number of fused-ring (bicyclic) bond motifs is 1. The normalized spacial score (nSPS) is 14.4. The molecule has 0 saturated carbocycles. The van der Waals surface area contributed by atoms with E-state index in [9.17, 15) is 9.90 Å². The molecule has 0 bridgehead atoms. The van der Waals surface area contributed by atoms with Crippen molar-refractivity contribution in [1.82, 2.24) is 10.2 Å². The quantitative estimate of drug-likeness (QED) is 0.664. The molecular formula is C25H24N2O2. The topological polar surface area (TPSA) is 52.6 Å². The highest BCUT2D eigenvalue weighted by molar-refractivity contribution is 6.05. The summed E-state index contributed by atoms with van der Waals surface area (Å²) in [4.78, 5) is 15.1. The highest BCUT2D eigenvalue weighted by atomic mass is 16.3. The van der Waals surface area contributed by atoms with Gasteiger partial charge in [0.1, 0.15) is 11.6 Å². The minimum Gasteiger partial charge on any atom is -0.508 e. The summed E-state index contributed by atoms with van der Waals surface area (Å²) in [5.74, 6) is 0.609. The van der Waals surface area contributed by atoms with Gasteiger partial charge in [-0.2, -0.15) is 0 Å². The van der Waals surface area contributed by atoms with Crippen molar-refractivity contribution in [2.75, 3.05) is 6.54 Å². The average molecular weight is 384 g/mol. The third-order valence-corrected chi connectivity index (χ3v) is 5.28. The number of carbonyl (C=O) groups excluding carboxylic acids is 1. The van der Waals surface area contributed by atoms with E-state index < -0.39 is 0 Å². The van der Waals surface area contributed by atoms with Crippen LogP contribution in [0.4, 0.5) is 0 Å². The van der Waals surface area contributed by atoms with Gasteiger partial charge in [0.05, 0.1) is 5.70 Å². The highest BCUT2D eigenvalue weighted by Crippen LogP contribution is 2.35. The van der Waals surface area contributed by atoms with Gasteiger partial charge < -0.3 is 15.3 Å². The van der Waals surface area contributed by atoms with Gasteiger partial charge in [-0.05, 0) is 28.8 Å². The summed E-state index contributed by atoms with van der Waals surface area (Å²) in [6.07, 6.45) is 1.24. The van der Waals surface area contributed by atoms with Crippen LogP contribution in [0.1, 0.15) is 24.5 Å². The van der Waals surface area contributed by atoms with E-state index in [4.69, 9.17) is 0 Å². The van der Waals surface area contributed by atoms with Crippen molar-refractivity contribution in [3.8, 4) is 5.75 Å². The fraction of sp³-hybridized carbons (Fsp3) is 0.160. The van der Waals surface area contributed by atoms with Gasteiger partial charge in [-0.1, -0.05) is 74.2 Å². The van der Waals surface area contributed by atoms with Crippen LogP contribution in [0, 0.1) is 0 Å². The first kappa shape index (κ1) is 18.8. The van der Waals surface area contributed by atoms with E-state index in [1.165, 1.54) is 0 Å². The lowest BCUT2D eigenvalue weighted by Gasteiger charge is -2.35. The number of nitrogens with one attached hydrogen (secondary N) is 1. The first-order chi connectivity index (χ1) is 14.1. The molecule has 29 heavy (non-hydrogen) atoms.